The summed E-state index contributed by atoms with van der Waals surface area (Å²) in [5, 5.41) is 3.41. The van der Waals surface area contributed by atoms with E-state index in [-0.39, 0.29) is 0 Å². The average Bonchev–Trinajstić information content (AvgIpc) is 2.84. The van der Waals surface area contributed by atoms with Crippen LogP contribution in [0, 0.1) is 6.92 Å². The molecule has 0 unspecified atom stereocenters. The maximum atomic E-state index is 5.82. The van der Waals surface area contributed by atoms with E-state index in [2.05, 4.69) is 22.1 Å². The minimum absolute atomic E-state index is 0.542. The summed E-state index contributed by atoms with van der Waals surface area (Å²) in [6.45, 7) is 8.27. The number of rotatable bonds is 3. The number of nitrogens with one attached hydrogen (secondary N) is 1. The lowest BCUT2D eigenvalue weighted by atomic mass is 10.2. The Morgan fingerprint density at radius 1 is 1.35 bits per heavy atom. The first kappa shape index (κ1) is 13.3. The van der Waals surface area contributed by atoms with Crippen LogP contribution in [0.4, 0.5) is 0 Å². The van der Waals surface area contributed by atoms with Crippen LogP contribution in [-0.2, 0) is 6.54 Å². The Morgan fingerprint density at radius 3 is 2.90 bits per heavy atom. The Labute approximate surface area is 119 Å². The molecule has 0 saturated carbocycles. The Kier molecular flexibility index (Phi) is 3.85. The zero-order valence-electron chi connectivity index (χ0n) is 12.1. The summed E-state index contributed by atoms with van der Waals surface area (Å²) < 4.78 is 5.82. The molecule has 0 radical (unpaired) electrons. The fourth-order valence-electron chi connectivity index (χ4n) is 2.59. The molecule has 1 saturated heterocycles. The number of hydrogen-bond acceptors (Lipinski definition) is 4. The molecule has 20 heavy (non-hydrogen) atoms. The van der Waals surface area contributed by atoms with Crippen molar-refractivity contribution >= 4 is 0 Å². The molecule has 0 amide bonds. The number of oxazole rings is 1. The van der Waals surface area contributed by atoms with Crippen LogP contribution in [0.2, 0.25) is 0 Å². The normalized spacial score (nSPS) is 20.2. The summed E-state index contributed by atoms with van der Waals surface area (Å²) in [6, 6.07) is 10.6. The second-order valence-electron chi connectivity index (χ2n) is 5.41. The predicted molar refractivity (Wildman–Crippen MR) is 79.4 cm³/mol. The summed E-state index contributed by atoms with van der Waals surface area (Å²) in [5.41, 5.74) is 2.09. The molecular weight excluding hydrogens is 250 g/mol. The first-order valence-electron chi connectivity index (χ1n) is 7.20. The molecule has 1 aromatic heterocycles. The fraction of sp³-hybridized carbons (Fsp3) is 0.438. The van der Waals surface area contributed by atoms with Crippen molar-refractivity contribution in [2.45, 2.75) is 26.4 Å². The molecule has 1 N–H and O–H groups in total. The number of aromatic nitrogens is 1. The predicted octanol–water partition coefficient (Wildman–Crippen LogP) is 2.44. The minimum atomic E-state index is 0.542. The molecule has 1 aromatic carbocycles. The third-order valence-electron chi connectivity index (χ3n) is 3.91. The van der Waals surface area contributed by atoms with Gasteiger partial charge < -0.3 is 9.73 Å². The number of piperazine rings is 1. The van der Waals surface area contributed by atoms with Crippen LogP contribution < -0.4 is 5.32 Å². The summed E-state index contributed by atoms with van der Waals surface area (Å²) in [6.07, 6.45) is 0. The lowest BCUT2D eigenvalue weighted by molar-refractivity contribution is 0.163. The van der Waals surface area contributed by atoms with E-state index in [1.165, 1.54) is 0 Å². The van der Waals surface area contributed by atoms with Gasteiger partial charge >= 0.3 is 0 Å². The van der Waals surface area contributed by atoms with Gasteiger partial charge in [-0.05, 0) is 26.0 Å². The SMILES string of the molecule is Cc1oc(-c2ccccc2)nc1CN1CCNC[C@@H]1C. The molecule has 1 aliphatic heterocycles. The van der Waals surface area contributed by atoms with Crippen molar-refractivity contribution < 1.29 is 4.42 Å². The highest BCUT2D eigenvalue weighted by molar-refractivity contribution is 5.53. The van der Waals surface area contributed by atoms with Gasteiger partial charge in [0.2, 0.25) is 5.89 Å². The van der Waals surface area contributed by atoms with Crippen LogP contribution in [0.3, 0.4) is 0 Å². The highest BCUT2D eigenvalue weighted by Crippen LogP contribution is 2.22. The third-order valence-corrected chi connectivity index (χ3v) is 3.91. The third kappa shape index (κ3) is 2.76. The van der Waals surface area contributed by atoms with E-state index < -0.39 is 0 Å². The van der Waals surface area contributed by atoms with Crippen molar-refractivity contribution in [1.29, 1.82) is 0 Å². The van der Waals surface area contributed by atoms with Gasteiger partial charge in [-0.1, -0.05) is 18.2 Å². The Morgan fingerprint density at radius 2 is 2.15 bits per heavy atom. The van der Waals surface area contributed by atoms with E-state index in [0.29, 0.717) is 6.04 Å². The molecule has 2 heterocycles. The maximum Gasteiger partial charge on any atom is 0.226 e. The molecule has 4 heteroatoms. The van der Waals surface area contributed by atoms with Gasteiger partial charge in [-0.2, -0.15) is 0 Å². The van der Waals surface area contributed by atoms with Gasteiger partial charge in [0.05, 0.1) is 5.69 Å². The molecule has 4 nitrogen and oxygen atoms in total. The molecule has 0 aliphatic carbocycles. The first-order chi connectivity index (χ1) is 9.74. The molecule has 1 fully saturated rings. The van der Waals surface area contributed by atoms with E-state index in [0.717, 1.165) is 49.1 Å². The molecule has 2 aromatic rings. The van der Waals surface area contributed by atoms with E-state index in [1.807, 2.05) is 37.3 Å². The highest BCUT2D eigenvalue weighted by Gasteiger charge is 2.21. The maximum absolute atomic E-state index is 5.82. The molecule has 106 valence electrons. The van der Waals surface area contributed by atoms with Crippen molar-refractivity contribution in [2.24, 2.45) is 0 Å². The van der Waals surface area contributed by atoms with Crippen molar-refractivity contribution in [3.8, 4) is 11.5 Å². The monoisotopic (exact) mass is 271 g/mol. The Balaban J connectivity index is 1.79. The molecule has 1 aliphatic rings. The Bertz CT molecular complexity index is 564. The largest absolute Gasteiger partial charge is 0.441 e. The van der Waals surface area contributed by atoms with Crippen molar-refractivity contribution in [2.75, 3.05) is 19.6 Å². The zero-order valence-corrected chi connectivity index (χ0v) is 12.1. The smallest absolute Gasteiger partial charge is 0.226 e. The van der Waals surface area contributed by atoms with Gasteiger partial charge in [-0.25, -0.2) is 4.98 Å². The van der Waals surface area contributed by atoms with E-state index >= 15 is 0 Å². The van der Waals surface area contributed by atoms with Crippen LogP contribution in [0.15, 0.2) is 34.7 Å². The van der Waals surface area contributed by atoms with E-state index in [1.54, 1.807) is 0 Å². The van der Waals surface area contributed by atoms with Crippen LogP contribution in [-0.4, -0.2) is 35.6 Å². The standard InChI is InChI=1S/C16H21N3O/c1-12-10-17-8-9-19(12)11-15-13(2)20-16(18-15)14-6-4-3-5-7-14/h3-7,12,17H,8-11H2,1-2H3/t12-/m0/s1. The topological polar surface area (TPSA) is 41.3 Å². The number of aryl methyl sites for hydroxylation is 1. The Hall–Kier alpha value is -1.65. The van der Waals surface area contributed by atoms with E-state index in [9.17, 15) is 0 Å². The van der Waals surface area contributed by atoms with Crippen LogP contribution in [0.1, 0.15) is 18.4 Å². The second-order valence-corrected chi connectivity index (χ2v) is 5.41. The highest BCUT2D eigenvalue weighted by atomic mass is 16.4. The minimum Gasteiger partial charge on any atom is -0.441 e. The van der Waals surface area contributed by atoms with E-state index in [4.69, 9.17) is 4.42 Å². The van der Waals surface area contributed by atoms with Crippen LogP contribution in [0.5, 0.6) is 0 Å². The molecule has 0 bridgehead atoms. The summed E-state index contributed by atoms with van der Waals surface area (Å²) >= 11 is 0. The fourth-order valence-corrected chi connectivity index (χ4v) is 2.59. The second kappa shape index (κ2) is 5.77. The average molecular weight is 271 g/mol. The summed E-state index contributed by atoms with van der Waals surface area (Å²) in [7, 11) is 0. The lowest BCUT2D eigenvalue weighted by Gasteiger charge is -2.33. The number of benzene rings is 1. The van der Waals surface area contributed by atoms with Gasteiger partial charge in [0, 0.05) is 37.8 Å². The van der Waals surface area contributed by atoms with Gasteiger partial charge in [0.25, 0.3) is 0 Å². The summed E-state index contributed by atoms with van der Waals surface area (Å²) in [5.74, 6) is 1.65. The van der Waals surface area contributed by atoms with Crippen LogP contribution >= 0.6 is 0 Å². The van der Waals surface area contributed by atoms with Gasteiger partial charge in [0.1, 0.15) is 5.76 Å². The first-order valence-corrected chi connectivity index (χ1v) is 7.20. The summed E-state index contributed by atoms with van der Waals surface area (Å²) in [4.78, 5) is 7.13. The number of nitrogens with zero attached hydrogens (tertiary/aromatic N) is 2. The lowest BCUT2D eigenvalue weighted by Crippen LogP contribution is -2.49. The van der Waals surface area contributed by atoms with Crippen molar-refractivity contribution in [3.05, 3.63) is 41.8 Å². The zero-order chi connectivity index (χ0) is 13.9. The van der Waals surface area contributed by atoms with Crippen LogP contribution in [0.25, 0.3) is 11.5 Å². The van der Waals surface area contributed by atoms with Crippen molar-refractivity contribution in [3.63, 3.8) is 0 Å². The molecule has 0 spiro atoms. The number of hydrogen-bond donors (Lipinski definition) is 1. The van der Waals surface area contributed by atoms with Gasteiger partial charge in [-0.15, -0.1) is 0 Å². The van der Waals surface area contributed by atoms with Gasteiger partial charge in [0.15, 0.2) is 0 Å². The van der Waals surface area contributed by atoms with Gasteiger partial charge in [-0.3, -0.25) is 4.90 Å². The van der Waals surface area contributed by atoms with Crippen molar-refractivity contribution in [1.82, 2.24) is 15.2 Å². The molecule has 3 rings (SSSR count). The quantitative estimate of drug-likeness (QED) is 0.931. The molecule has 1 atom stereocenters. The molecular formula is C16H21N3O.